The Hall–Kier alpha value is -6.29. The smallest absolute Gasteiger partial charge is 0.309 e. The summed E-state index contributed by atoms with van der Waals surface area (Å²) >= 11 is 0. The predicted octanol–water partition coefficient (Wildman–Crippen LogP) is 14.3. The van der Waals surface area contributed by atoms with E-state index < -0.39 is 23.5 Å². The van der Waals surface area contributed by atoms with E-state index in [0.717, 1.165) is 56.2 Å². The number of nitrogens with zero attached hydrogens (tertiary/aromatic N) is 4. The van der Waals surface area contributed by atoms with Crippen LogP contribution in [0.4, 0.5) is 26.3 Å². The lowest BCUT2D eigenvalue weighted by Gasteiger charge is -2.22. The van der Waals surface area contributed by atoms with Crippen LogP contribution in [0.25, 0.3) is 72.8 Å². The van der Waals surface area contributed by atoms with Crippen molar-refractivity contribution in [1.82, 2.24) is 19.5 Å². The standard InChI is InChI=1S/C49H40F6N4/c1-46(2,3)33-18-21-38-39-22-19-34(47(4,5)6)28-42(39)59(41(38)27-33)40-25-31(17-20-37(40)32-23-35(48(50,51)52)26-36(24-32)49(53,54)55)45-57-43(29-13-9-7-10-14-29)56-44(58-45)30-15-11-8-12-16-30/h7-28H,1-6H3. The molecular formula is C49H40F6N4. The molecule has 8 aromatic rings. The molecule has 2 aromatic heterocycles. The summed E-state index contributed by atoms with van der Waals surface area (Å²) in [5, 5.41) is 1.76. The summed E-state index contributed by atoms with van der Waals surface area (Å²) in [4.78, 5) is 14.6. The van der Waals surface area contributed by atoms with Gasteiger partial charge in [0.15, 0.2) is 17.5 Å². The lowest BCUT2D eigenvalue weighted by atomic mass is 9.86. The average molecular weight is 799 g/mol. The van der Waals surface area contributed by atoms with Crippen LogP contribution in [0.5, 0.6) is 0 Å². The number of aromatic nitrogens is 4. The molecule has 0 amide bonds. The maximum Gasteiger partial charge on any atom is 0.416 e. The molecule has 0 aliphatic rings. The average Bonchev–Trinajstić information content (AvgIpc) is 3.52. The van der Waals surface area contributed by atoms with E-state index in [1.54, 1.807) is 18.2 Å². The van der Waals surface area contributed by atoms with E-state index in [4.69, 9.17) is 15.0 Å². The van der Waals surface area contributed by atoms with Crippen molar-refractivity contribution in [2.24, 2.45) is 0 Å². The highest BCUT2D eigenvalue weighted by molar-refractivity contribution is 6.10. The first-order valence-electron chi connectivity index (χ1n) is 19.2. The Labute approximate surface area is 338 Å². The minimum absolute atomic E-state index is 0.157. The molecular weight excluding hydrogens is 759 g/mol. The van der Waals surface area contributed by atoms with E-state index in [-0.39, 0.29) is 33.8 Å². The van der Waals surface area contributed by atoms with Gasteiger partial charge < -0.3 is 4.57 Å². The highest BCUT2D eigenvalue weighted by atomic mass is 19.4. The molecule has 0 aliphatic carbocycles. The fourth-order valence-electron chi connectivity index (χ4n) is 7.36. The van der Waals surface area contributed by atoms with Crippen LogP contribution in [-0.4, -0.2) is 19.5 Å². The third-order valence-corrected chi connectivity index (χ3v) is 10.6. The Morgan fingerprint density at radius 2 is 0.814 bits per heavy atom. The number of fused-ring (bicyclic) bond motifs is 3. The summed E-state index contributed by atoms with van der Waals surface area (Å²) < 4.78 is 88.4. The molecule has 0 unspecified atom stereocenters. The number of benzene rings is 6. The molecule has 2 heterocycles. The summed E-state index contributed by atoms with van der Waals surface area (Å²) in [6.07, 6.45) is -10.1. The van der Waals surface area contributed by atoms with Crippen LogP contribution in [0.1, 0.15) is 63.8 Å². The van der Waals surface area contributed by atoms with Gasteiger partial charge in [-0.3, -0.25) is 0 Å². The van der Waals surface area contributed by atoms with E-state index in [0.29, 0.717) is 22.9 Å². The minimum atomic E-state index is -5.04. The lowest BCUT2D eigenvalue weighted by molar-refractivity contribution is -0.143. The molecule has 0 spiro atoms. The molecule has 0 bridgehead atoms. The molecule has 0 saturated heterocycles. The van der Waals surface area contributed by atoms with Gasteiger partial charge >= 0.3 is 12.4 Å². The highest BCUT2D eigenvalue weighted by Crippen LogP contribution is 2.44. The molecule has 298 valence electrons. The maximum atomic E-state index is 14.4. The van der Waals surface area contributed by atoms with E-state index in [2.05, 4.69) is 65.8 Å². The molecule has 10 heteroatoms. The Morgan fingerprint density at radius 1 is 0.390 bits per heavy atom. The number of alkyl halides is 6. The molecule has 0 saturated carbocycles. The molecule has 8 rings (SSSR count). The van der Waals surface area contributed by atoms with Gasteiger partial charge in [-0.2, -0.15) is 26.3 Å². The first kappa shape index (κ1) is 39.5. The quantitative estimate of drug-likeness (QED) is 0.163. The molecule has 0 fully saturated rings. The molecule has 0 atom stereocenters. The van der Waals surface area contributed by atoms with E-state index in [1.807, 2.05) is 77.4 Å². The van der Waals surface area contributed by atoms with Gasteiger partial charge in [0.1, 0.15) is 0 Å². The van der Waals surface area contributed by atoms with Gasteiger partial charge in [-0.25, -0.2) is 15.0 Å². The number of rotatable bonds is 5. The van der Waals surface area contributed by atoms with E-state index >= 15 is 0 Å². The lowest BCUT2D eigenvalue weighted by Crippen LogP contribution is -2.12. The Bertz CT molecular complexity index is 2700. The van der Waals surface area contributed by atoms with Crippen LogP contribution in [0, 0.1) is 0 Å². The van der Waals surface area contributed by atoms with Gasteiger partial charge in [0.05, 0.1) is 27.8 Å². The van der Waals surface area contributed by atoms with Gasteiger partial charge in [0, 0.05) is 33.0 Å². The Balaban J connectivity index is 1.51. The topological polar surface area (TPSA) is 43.6 Å². The zero-order chi connectivity index (χ0) is 42.1. The maximum absolute atomic E-state index is 14.4. The normalized spacial score (nSPS) is 12.7. The largest absolute Gasteiger partial charge is 0.416 e. The summed E-state index contributed by atoms with van der Waals surface area (Å²) in [5.41, 5.74) is 2.34. The summed E-state index contributed by atoms with van der Waals surface area (Å²) in [6, 6.07) is 37.8. The van der Waals surface area contributed by atoms with Crippen molar-refractivity contribution < 1.29 is 26.3 Å². The van der Waals surface area contributed by atoms with Crippen molar-refractivity contribution in [2.45, 2.75) is 64.7 Å². The predicted molar refractivity (Wildman–Crippen MR) is 223 cm³/mol. The number of halogens is 6. The second-order valence-corrected chi connectivity index (χ2v) is 16.9. The molecule has 6 aromatic carbocycles. The SMILES string of the molecule is CC(C)(C)c1ccc2c3ccc(C(C)(C)C)cc3n(-c3cc(-c4nc(-c5ccccc5)nc(-c5ccccc5)n4)ccc3-c3cc(C(F)(F)F)cc(C(F)(F)F)c3)c2c1. The van der Waals surface area contributed by atoms with E-state index in [1.165, 1.54) is 0 Å². The monoisotopic (exact) mass is 798 g/mol. The minimum Gasteiger partial charge on any atom is -0.309 e. The van der Waals surface area contributed by atoms with Crippen molar-refractivity contribution in [2.75, 3.05) is 0 Å². The van der Waals surface area contributed by atoms with E-state index in [9.17, 15) is 26.3 Å². The zero-order valence-electron chi connectivity index (χ0n) is 33.3. The highest BCUT2D eigenvalue weighted by Gasteiger charge is 2.37. The Kier molecular flexibility index (Phi) is 9.53. The Morgan fingerprint density at radius 3 is 1.22 bits per heavy atom. The van der Waals surface area contributed by atoms with Crippen LogP contribution >= 0.6 is 0 Å². The van der Waals surface area contributed by atoms with Crippen molar-refractivity contribution >= 4 is 21.8 Å². The molecule has 4 nitrogen and oxygen atoms in total. The summed E-state index contributed by atoms with van der Waals surface area (Å²) in [6.45, 7) is 12.5. The third-order valence-electron chi connectivity index (χ3n) is 10.6. The first-order chi connectivity index (χ1) is 27.8. The van der Waals surface area contributed by atoms with Gasteiger partial charge in [0.2, 0.25) is 0 Å². The second-order valence-electron chi connectivity index (χ2n) is 16.9. The van der Waals surface area contributed by atoms with Crippen molar-refractivity contribution in [3.63, 3.8) is 0 Å². The van der Waals surface area contributed by atoms with Crippen LogP contribution in [0.3, 0.4) is 0 Å². The third kappa shape index (κ3) is 7.71. The van der Waals surface area contributed by atoms with Crippen molar-refractivity contribution in [1.29, 1.82) is 0 Å². The zero-order valence-corrected chi connectivity index (χ0v) is 33.3. The number of hydrogen-bond acceptors (Lipinski definition) is 3. The molecule has 0 N–H and O–H groups in total. The molecule has 0 radical (unpaired) electrons. The first-order valence-corrected chi connectivity index (χ1v) is 19.2. The van der Waals surface area contributed by atoms with Gasteiger partial charge in [-0.15, -0.1) is 0 Å². The van der Waals surface area contributed by atoms with Gasteiger partial charge in [0.25, 0.3) is 0 Å². The van der Waals surface area contributed by atoms with Crippen LogP contribution in [0.15, 0.2) is 133 Å². The number of hydrogen-bond donors (Lipinski definition) is 0. The van der Waals surface area contributed by atoms with Crippen molar-refractivity contribution in [3.05, 3.63) is 156 Å². The van der Waals surface area contributed by atoms with Crippen molar-refractivity contribution in [3.8, 4) is 51.0 Å². The fraction of sp³-hybridized carbons (Fsp3) is 0.204. The second kappa shape index (κ2) is 14.2. The fourth-order valence-corrected chi connectivity index (χ4v) is 7.36. The summed E-state index contributed by atoms with van der Waals surface area (Å²) in [7, 11) is 0. The van der Waals surface area contributed by atoms with Crippen LogP contribution in [-0.2, 0) is 23.2 Å². The van der Waals surface area contributed by atoms with Gasteiger partial charge in [-0.1, -0.05) is 139 Å². The molecule has 0 aliphatic heterocycles. The molecule has 59 heavy (non-hydrogen) atoms. The summed E-state index contributed by atoms with van der Waals surface area (Å²) in [5.74, 6) is 1.07. The van der Waals surface area contributed by atoms with Crippen LogP contribution < -0.4 is 0 Å². The van der Waals surface area contributed by atoms with Gasteiger partial charge in [-0.05, 0) is 63.9 Å². The van der Waals surface area contributed by atoms with Crippen LogP contribution in [0.2, 0.25) is 0 Å².